The van der Waals surface area contributed by atoms with E-state index in [0.717, 1.165) is 5.69 Å². The highest BCUT2D eigenvalue weighted by Gasteiger charge is 2.10. The van der Waals surface area contributed by atoms with Crippen molar-refractivity contribution in [2.75, 3.05) is 38.2 Å². The summed E-state index contributed by atoms with van der Waals surface area (Å²) in [6, 6.07) is 9.74. The number of likely N-dealkylation sites (N-methyl/N-ethyl adjacent to an activating group) is 1. The zero-order valence-electron chi connectivity index (χ0n) is 11.2. The summed E-state index contributed by atoms with van der Waals surface area (Å²) in [6.45, 7) is 6.91. The molecule has 4 nitrogen and oxygen atoms in total. The van der Waals surface area contributed by atoms with Gasteiger partial charge in [0.15, 0.2) is 0 Å². The highest BCUT2D eigenvalue weighted by atomic mass is 16.5. The Balaban J connectivity index is 2.33. The maximum absolute atomic E-state index is 11.9. The molecule has 0 aliphatic heterocycles. The van der Waals surface area contributed by atoms with E-state index < -0.39 is 0 Å². The first-order valence-corrected chi connectivity index (χ1v) is 6.42. The molecule has 0 spiro atoms. The largest absolute Gasteiger partial charge is 0.380 e. The van der Waals surface area contributed by atoms with Crippen molar-refractivity contribution in [3.63, 3.8) is 0 Å². The summed E-state index contributed by atoms with van der Waals surface area (Å²) in [5.74, 6) is 0.0982. The van der Waals surface area contributed by atoms with Crippen LogP contribution in [0.4, 0.5) is 5.69 Å². The van der Waals surface area contributed by atoms with Gasteiger partial charge in [-0.1, -0.05) is 18.2 Å². The molecule has 0 unspecified atom stereocenters. The number of para-hydroxylation sites is 1. The Hall–Kier alpha value is -1.55. The fraction of sp³-hybridized carbons (Fsp3) is 0.500. The molecule has 100 valence electrons. The second kappa shape index (κ2) is 8.53. The van der Waals surface area contributed by atoms with E-state index >= 15 is 0 Å². The SMILES string of the molecule is CCOCCN(CC)C(=O)CNc1ccccc1. The third kappa shape index (κ3) is 5.19. The summed E-state index contributed by atoms with van der Waals surface area (Å²) in [5.41, 5.74) is 0.965. The van der Waals surface area contributed by atoms with Crippen molar-refractivity contribution < 1.29 is 9.53 Å². The number of carbonyl (C=O) groups excluding carboxylic acids is 1. The predicted octanol–water partition coefficient (Wildman–Crippen LogP) is 1.98. The number of hydrogen-bond acceptors (Lipinski definition) is 3. The zero-order chi connectivity index (χ0) is 13.2. The molecule has 0 aliphatic rings. The lowest BCUT2D eigenvalue weighted by Gasteiger charge is -2.21. The van der Waals surface area contributed by atoms with E-state index in [0.29, 0.717) is 32.8 Å². The van der Waals surface area contributed by atoms with Crippen LogP contribution in [-0.4, -0.2) is 43.7 Å². The van der Waals surface area contributed by atoms with Crippen LogP contribution in [0.2, 0.25) is 0 Å². The summed E-state index contributed by atoms with van der Waals surface area (Å²) in [6.07, 6.45) is 0. The number of anilines is 1. The van der Waals surface area contributed by atoms with Crippen molar-refractivity contribution in [3.05, 3.63) is 30.3 Å². The van der Waals surface area contributed by atoms with Gasteiger partial charge in [0.2, 0.25) is 5.91 Å². The van der Waals surface area contributed by atoms with Gasteiger partial charge in [0, 0.05) is 25.4 Å². The van der Waals surface area contributed by atoms with Gasteiger partial charge < -0.3 is 15.0 Å². The number of amides is 1. The summed E-state index contributed by atoms with van der Waals surface area (Å²) in [5, 5.41) is 3.12. The molecule has 0 radical (unpaired) electrons. The molecule has 0 fully saturated rings. The van der Waals surface area contributed by atoms with Crippen LogP contribution in [0.3, 0.4) is 0 Å². The Kier molecular flexibility index (Phi) is 6.87. The fourth-order valence-corrected chi connectivity index (χ4v) is 1.62. The van der Waals surface area contributed by atoms with E-state index in [1.54, 1.807) is 4.90 Å². The molecule has 0 heterocycles. The molecule has 0 atom stereocenters. The van der Waals surface area contributed by atoms with Crippen molar-refractivity contribution >= 4 is 11.6 Å². The van der Waals surface area contributed by atoms with Crippen molar-refractivity contribution in [1.82, 2.24) is 4.90 Å². The van der Waals surface area contributed by atoms with Crippen molar-refractivity contribution in [1.29, 1.82) is 0 Å². The van der Waals surface area contributed by atoms with E-state index in [-0.39, 0.29) is 5.91 Å². The molecule has 1 amide bonds. The van der Waals surface area contributed by atoms with Gasteiger partial charge in [-0.15, -0.1) is 0 Å². The molecular weight excluding hydrogens is 228 g/mol. The van der Waals surface area contributed by atoms with Crippen LogP contribution in [0, 0.1) is 0 Å². The molecular formula is C14H22N2O2. The molecule has 4 heteroatoms. The molecule has 18 heavy (non-hydrogen) atoms. The highest BCUT2D eigenvalue weighted by Crippen LogP contribution is 2.04. The second-order valence-corrected chi connectivity index (χ2v) is 3.89. The molecule has 0 aliphatic carbocycles. The smallest absolute Gasteiger partial charge is 0.241 e. The average Bonchev–Trinajstić information content (AvgIpc) is 2.42. The first-order valence-electron chi connectivity index (χ1n) is 6.42. The average molecular weight is 250 g/mol. The monoisotopic (exact) mass is 250 g/mol. The Morgan fingerprint density at radius 1 is 1.28 bits per heavy atom. The van der Waals surface area contributed by atoms with Gasteiger partial charge in [-0.2, -0.15) is 0 Å². The Labute approximate surface area is 109 Å². The van der Waals surface area contributed by atoms with Crippen LogP contribution < -0.4 is 5.32 Å². The summed E-state index contributed by atoms with van der Waals surface area (Å²) in [7, 11) is 0. The zero-order valence-corrected chi connectivity index (χ0v) is 11.2. The minimum atomic E-state index is 0.0982. The normalized spacial score (nSPS) is 10.1. The number of rotatable bonds is 8. The van der Waals surface area contributed by atoms with Gasteiger partial charge in [-0.3, -0.25) is 4.79 Å². The van der Waals surface area contributed by atoms with Crippen molar-refractivity contribution in [3.8, 4) is 0 Å². The first-order chi connectivity index (χ1) is 8.77. The lowest BCUT2D eigenvalue weighted by Crippen LogP contribution is -2.37. The molecule has 0 bridgehead atoms. The van der Waals surface area contributed by atoms with Crippen LogP contribution in [0.1, 0.15) is 13.8 Å². The third-order valence-electron chi connectivity index (χ3n) is 2.66. The van der Waals surface area contributed by atoms with Crippen LogP contribution in [0.25, 0.3) is 0 Å². The van der Waals surface area contributed by atoms with E-state index in [1.165, 1.54) is 0 Å². The number of ether oxygens (including phenoxy) is 1. The van der Waals surface area contributed by atoms with E-state index in [2.05, 4.69) is 5.32 Å². The van der Waals surface area contributed by atoms with E-state index in [4.69, 9.17) is 4.74 Å². The molecule has 1 aromatic rings. The second-order valence-electron chi connectivity index (χ2n) is 3.89. The highest BCUT2D eigenvalue weighted by molar-refractivity contribution is 5.80. The van der Waals surface area contributed by atoms with Gasteiger partial charge >= 0.3 is 0 Å². The molecule has 0 saturated heterocycles. The lowest BCUT2D eigenvalue weighted by molar-refractivity contribution is -0.129. The van der Waals surface area contributed by atoms with Gasteiger partial charge in [0.1, 0.15) is 0 Å². The summed E-state index contributed by atoms with van der Waals surface area (Å²) in [4.78, 5) is 13.7. The number of hydrogen-bond donors (Lipinski definition) is 1. The Bertz CT molecular complexity index is 341. The molecule has 0 aromatic heterocycles. The van der Waals surface area contributed by atoms with Crippen LogP contribution in [0.15, 0.2) is 30.3 Å². The lowest BCUT2D eigenvalue weighted by atomic mass is 10.3. The van der Waals surface area contributed by atoms with Gasteiger partial charge in [0.05, 0.1) is 13.2 Å². The van der Waals surface area contributed by atoms with Gasteiger partial charge in [0.25, 0.3) is 0 Å². The number of nitrogens with one attached hydrogen (secondary N) is 1. The first kappa shape index (κ1) is 14.5. The topological polar surface area (TPSA) is 41.6 Å². The molecule has 0 saturated carbocycles. The minimum Gasteiger partial charge on any atom is -0.380 e. The quantitative estimate of drug-likeness (QED) is 0.717. The predicted molar refractivity (Wildman–Crippen MR) is 73.7 cm³/mol. The number of benzene rings is 1. The number of carbonyl (C=O) groups is 1. The Morgan fingerprint density at radius 2 is 2.00 bits per heavy atom. The van der Waals surface area contributed by atoms with Gasteiger partial charge in [-0.05, 0) is 26.0 Å². The maximum atomic E-state index is 11.9. The maximum Gasteiger partial charge on any atom is 0.241 e. The van der Waals surface area contributed by atoms with Gasteiger partial charge in [-0.25, -0.2) is 0 Å². The molecule has 1 aromatic carbocycles. The summed E-state index contributed by atoms with van der Waals surface area (Å²) < 4.78 is 5.26. The number of nitrogens with zero attached hydrogens (tertiary/aromatic N) is 1. The third-order valence-corrected chi connectivity index (χ3v) is 2.66. The van der Waals surface area contributed by atoms with Crippen molar-refractivity contribution in [2.45, 2.75) is 13.8 Å². The van der Waals surface area contributed by atoms with E-state index in [1.807, 2.05) is 44.2 Å². The molecule has 1 rings (SSSR count). The standard InChI is InChI=1S/C14H22N2O2/c1-3-16(10-11-18-4-2)14(17)12-15-13-8-6-5-7-9-13/h5-9,15H,3-4,10-12H2,1-2H3. The summed E-state index contributed by atoms with van der Waals surface area (Å²) >= 11 is 0. The van der Waals surface area contributed by atoms with E-state index in [9.17, 15) is 4.79 Å². The van der Waals surface area contributed by atoms with Crippen LogP contribution >= 0.6 is 0 Å². The van der Waals surface area contributed by atoms with Crippen LogP contribution in [-0.2, 0) is 9.53 Å². The van der Waals surface area contributed by atoms with Crippen LogP contribution in [0.5, 0.6) is 0 Å². The van der Waals surface area contributed by atoms with Crippen molar-refractivity contribution in [2.24, 2.45) is 0 Å². The minimum absolute atomic E-state index is 0.0982. The Morgan fingerprint density at radius 3 is 2.61 bits per heavy atom. The molecule has 1 N–H and O–H groups in total. The fourth-order valence-electron chi connectivity index (χ4n) is 1.62.